The topological polar surface area (TPSA) is 87.7 Å². The number of hydrogen-bond donors (Lipinski definition) is 3. The molecular weight excluding hydrogens is 344 g/mol. The molecule has 0 saturated heterocycles. The summed E-state index contributed by atoms with van der Waals surface area (Å²) in [7, 11) is 0. The third-order valence-electron chi connectivity index (χ3n) is 5.25. The number of carbonyl (C=O) groups is 2. The molecule has 0 radical (unpaired) electrons. The van der Waals surface area contributed by atoms with Gasteiger partial charge in [-0.2, -0.15) is 0 Å². The molecule has 2 rings (SSSR count). The van der Waals surface area contributed by atoms with E-state index in [1.807, 2.05) is 0 Å². The number of hydrogen-bond acceptors (Lipinski definition) is 5. The molecule has 150 valence electrons. The van der Waals surface area contributed by atoms with Gasteiger partial charge in [0.15, 0.2) is 5.75 Å². The maximum Gasteiger partial charge on any atom is 0.308 e. The Balaban J connectivity index is 1.84. The quantitative estimate of drug-likeness (QED) is 0.330. The van der Waals surface area contributed by atoms with Crippen molar-refractivity contribution in [1.82, 2.24) is 5.32 Å². The largest absolute Gasteiger partial charge is 0.424 e. The van der Waals surface area contributed by atoms with Gasteiger partial charge < -0.3 is 20.5 Å². The first-order valence-corrected chi connectivity index (χ1v) is 9.93. The molecule has 0 spiro atoms. The van der Waals surface area contributed by atoms with Crippen LogP contribution in [0.2, 0.25) is 0 Å². The molecule has 1 aromatic carbocycles. The summed E-state index contributed by atoms with van der Waals surface area (Å²) >= 11 is 0. The molecule has 6 heteroatoms. The average molecular weight is 376 g/mol. The van der Waals surface area contributed by atoms with Crippen molar-refractivity contribution in [3.63, 3.8) is 0 Å². The van der Waals surface area contributed by atoms with Gasteiger partial charge in [0.2, 0.25) is 6.41 Å². The Labute approximate surface area is 161 Å². The zero-order chi connectivity index (χ0) is 19.6. The number of esters is 1. The van der Waals surface area contributed by atoms with Crippen molar-refractivity contribution in [3.05, 3.63) is 23.8 Å². The molecule has 3 N–H and O–H groups in total. The van der Waals surface area contributed by atoms with E-state index in [-0.39, 0.29) is 5.75 Å². The second-order valence-corrected chi connectivity index (χ2v) is 7.52. The van der Waals surface area contributed by atoms with Crippen molar-refractivity contribution in [2.75, 3.05) is 11.9 Å². The van der Waals surface area contributed by atoms with E-state index in [1.165, 1.54) is 45.4 Å². The number of ether oxygens (including phenoxy) is 1. The van der Waals surface area contributed by atoms with Gasteiger partial charge in [-0.1, -0.05) is 38.2 Å². The number of aliphatic hydroxyl groups excluding tert-OH is 1. The summed E-state index contributed by atoms with van der Waals surface area (Å²) in [6, 6.07) is 5.26. The van der Waals surface area contributed by atoms with Gasteiger partial charge in [0.1, 0.15) is 0 Å². The van der Waals surface area contributed by atoms with E-state index in [0.717, 1.165) is 12.3 Å². The van der Waals surface area contributed by atoms with Gasteiger partial charge in [-0.15, -0.1) is 0 Å². The molecule has 2 unspecified atom stereocenters. The van der Waals surface area contributed by atoms with Crippen LogP contribution in [0.3, 0.4) is 0 Å². The second kappa shape index (κ2) is 11.0. The highest BCUT2D eigenvalue weighted by Crippen LogP contribution is 2.29. The van der Waals surface area contributed by atoms with Crippen LogP contribution in [0.15, 0.2) is 18.2 Å². The Kier molecular flexibility index (Phi) is 8.75. The molecule has 1 fully saturated rings. The van der Waals surface area contributed by atoms with Crippen LogP contribution in [0, 0.1) is 5.92 Å². The van der Waals surface area contributed by atoms with Crippen molar-refractivity contribution in [3.8, 4) is 5.75 Å². The van der Waals surface area contributed by atoms with Crippen LogP contribution in [0.25, 0.3) is 0 Å². The van der Waals surface area contributed by atoms with E-state index in [9.17, 15) is 14.7 Å². The molecule has 1 aromatic rings. The fourth-order valence-electron chi connectivity index (χ4n) is 3.67. The van der Waals surface area contributed by atoms with E-state index in [2.05, 4.69) is 17.6 Å². The van der Waals surface area contributed by atoms with E-state index in [1.54, 1.807) is 18.2 Å². The number of anilines is 1. The third-order valence-corrected chi connectivity index (χ3v) is 5.25. The molecule has 2 atom stereocenters. The van der Waals surface area contributed by atoms with E-state index < -0.39 is 12.1 Å². The van der Waals surface area contributed by atoms with Gasteiger partial charge in [0.05, 0.1) is 11.8 Å². The molecule has 1 saturated carbocycles. The molecular formula is C21H32N2O4. The molecule has 0 heterocycles. The standard InChI is InChI=1S/C21H32N2O4/c1-15(8-9-17-6-4-3-5-7-17)22-13-20(26)18-10-11-21(27-16(2)25)19(12-18)23-14-24/h10-12,14-15,17,20,22,26H,3-9,13H2,1-2H3,(H,23,24). The first-order valence-electron chi connectivity index (χ1n) is 9.93. The number of aliphatic hydroxyl groups is 1. The predicted octanol–water partition coefficient (Wildman–Crippen LogP) is 3.55. The van der Waals surface area contributed by atoms with Gasteiger partial charge >= 0.3 is 5.97 Å². The van der Waals surface area contributed by atoms with Crippen LogP contribution in [-0.4, -0.2) is 30.1 Å². The van der Waals surface area contributed by atoms with Gasteiger partial charge in [0.25, 0.3) is 0 Å². The minimum Gasteiger partial charge on any atom is -0.424 e. The van der Waals surface area contributed by atoms with Gasteiger partial charge in [0, 0.05) is 19.5 Å². The van der Waals surface area contributed by atoms with Crippen LogP contribution >= 0.6 is 0 Å². The number of nitrogens with one attached hydrogen (secondary N) is 2. The summed E-state index contributed by atoms with van der Waals surface area (Å²) in [5, 5.41) is 16.4. The van der Waals surface area contributed by atoms with Crippen molar-refractivity contribution < 1.29 is 19.4 Å². The minimum absolute atomic E-state index is 0.263. The molecule has 6 nitrogen and oxygen atoms in total. The van der Waals surface area contributed by atoms with Crippen LogP contribution in [0.5, 0.6) is 5.75 Å². The lowest BCUT2D eigenvalue weighted by Crippen LogP contribution is -2.31. The Hall–Kier alpha value is -1.92. The highest BCUT2D eigenvalue weighted by Gasteiger charge is 2.16. The first kappa shape index (κ1) is 21.4. The highest BCUT2D eigenvalue weighted by atomic mass is 16.5. The minimum atomic E-state index is -0.708. The third kappa shape index (κ3) is 7.31. The highest BCUT2D eigenvalue weighted by molar-refractivity contribution is 5.79. The summed E-state index contributed by atoms with van der Waals surface area (Å²) < 4.78 is 5.06. The first-order chi connectivity index (χ1) is 13.0. The smallest absolute Gasteiger partial charge is 0.308 e. The lowest BCUT2D eigenvalue weighted by atomic mass is 9.85. The van der Waals surface area contributed by atoms with E-state index in [4.69, 9.17) is 4.74 Å². The number of rotatable bonds is 10. The molecule has 0 aliphatic heterocycles. The fraction of sp³-hybridized carbons (Fsp3) is 0.619. The second-order valence-electron chi connectivity index (χ2n) is 7.52. The monoisotopic (exact) mass is 376 g/mol. The van der Waals surface area contributed by atoms with Gasteiger partial charge in [-0.25, -0.2) is 0 Å². The van der Waals surface area contributed by atoms with Gasteiger partial charge in [-0.3, -0.25) is 9.59 Å². The zero-order valence-corrected chi connectivity index (χ0v) is 16.4. The normalized spacial score (nSPS) is 17.1. The summed E-state index contributed by atoms with van der Waals surface area (Å²) in [4.78, 5) is 21.9. The lowest BCUT2D eigenvalue weighted by molar-refractivity contribution is -0.131. The molecule has 1 amide bonds. The molecule has 27 heavy (non-hydrogen) atoms. The summed E-state index contributed by atoms with van der Waals surface area (Å²) in [6.45, 7) is 3.88. The fourth-order valence-corrected chi connectivity index (χ4v) is 3.67. The molecule has 1 aliphatic rings. The summed E-state index contributed by atoms with van der Waals surface area (Å²) in [5.41, 5.74) is 1.02. The predicted molar refractivity (Wildman–Crippen MR) is 106 cm³/mol. The molecule has 0 aromatic heterocycles. The Morgan fingerprint density at radius 3 is 2.74 bits per heavy atom. The summed E-state index contributed by atoms with van der Waals surface area (Å²) in [5.74, 6) is 0.656. The van der Waals surface area contributed by atoms with E-state index >= 15 is 0 Å². The number of carbonyl (C=O) groups excluding carboxylic acids is 2. The van der Waals surface area contributed by atoms with Crippen LogP contribution in [0.4, 0.5) is 5.69 Å². The zero-order valence-electron chi connectivity index (χ0n) is 16.4. The van der Waals surface area contributed by atoms with E-state index in [0.29, 0.717) is 30.2 Å². The van der Waals surface area contributed by atoms with Gasteiger partial charge in [-0.05, 0) is 43.4 Å². The number of amides is 1. The number of benzene rings is 1. The van der Waals surface area contributed by atoms with Crippen LogP contribution in [-0.2, 0) is 9.59 Å². The van der Waals surface area contributed by atoms with Crippen molar-refractivity contribution in [1.29, 1.82) is 0 Å². The SMILES string of the molecule is CC(=O)Oc1ccc(C(O)CNC(C)CCC2CCCCC2)cc1NC=O. The molecule has 0 bridgehead atoms. The molecule has 1 aliphatic carbocycles. The maximum atomic E-state index is 11.1. The van der Waals surface area contributed by atoms with Crippen molar-refractivity contribution in [2.45, 2.75) is 70.9 Å². The summed E-state index contributed by atoms with van der Waals surface area (Å²) in [6.07, 6.45) is 9.00. The average Bonchev–Trinajstić information content (AvgIpc) is 2.66. The van der Waals surface area contributed by atoms with Crippen LogP contribution in [0.1, 0.15) is 70.5 Å². The maximum absolute atomic E-state index is 11.1. The Morgan fingerprint density at radius 2 is 2.07 bits per heavy atom. The van der Waals surface area contributed by atoms with Crippen molar-refractivity contribution in [2.24, 2.45) is 5.92 Å². The van der Waals surface area contributed by atoms with Crippen molar-refractivity contribution >= 4 is 18.1 Å². The Morgan fingerprint density at radius 1 is 1.33 bits per heavy atom. The Bertz CT molecular complexity index is 614. The van der Waals surface area contributed by atoms with Crippen LogP contribution < -0.4 is 15.4 Å². The lowest BCUT2D eigenvalue weighted by Gasteiger charge is -2.24.